The van der Waals surface area contributed by atoms with Gasteiger partial charge < -0.3 is 5.32 Å². The minimum Gasteiger partial charge on any atom is -0.310 e. The molecule has 98 valence electrons. The summed E-state index contributed by atoms with van der Waals surface area (Å²) in [5, 5.41) is 4.41. The Morgan fingerprint density at radius 2 is 1.94 bits per heavy atom. The summed E-state index contributed by atoms with van der Waals surface area (Å²) in [6.45, 7) is 1.01. The predicted octanol–water partition coefficient (Wildman–Crippen LogP) is 4.74. The van der Waals surface area contributed by atoms with Crippen molar-refractivity contribution in [1.29, 1.82) is 0 Å². The van der Waals surface area contributed by atoms with Crippen LogP contribution in [-0.4, -0.2) is 11.3 Å². The molecule has 1 nitrogen and oxygen atoms in total. The monoisotopic (exact) mass is 325 g/mol. The highest BCUT2D eigenvalue weighted by Crippen LogP contribution is 2.38. The lowest BCUT2D eigenvalue weighted by Gasteiger charge is -2.12. The fourth-order valence-corrected chi connectivity index (χ4v) is 4.44. The summed E-state index contributed by atoms with van der Waals surface area (Å²) in [5.41, 5.74) is 1.39. The van der Waals surface area contributed by atoms with Gasteiger partial charge in [0.1, 0.15) is 0 Å². The molecular weight excluding hydrogens is 306 g/mol. The molecule has 0 atom stereocenters. The van der Waals surface area contributed by atoms with E-state index < -0.39 is 0 Å². The first-order valence-corrected chi connectivity index (χ1v) is 8.67. The second-order valence-electron chi connectivity index (χ2n) is 5.44. The van der Waals surface area contributed by atoms with E-state index in [0.29, 0.717) is 0 Å². The molecule has 0 heterocycles. The van der Waals surface area contributed by atoms with Crippen molar-refractivity contribution in [2.45, 2.75) is 61.3 Å². The molecule has 0 bridgehead atoms. The summed E-state index contributed by atoms with van der Waals surface area (Å²) >= 11 is 5.78. The Kier molecular flexibility index (Phi) is 4.32. The molecule has 1 N–H and O–H groups in total. The third kappa shape index (κ3) is 3.52. The first kappa shape index (κ1) is 13.0. The Hall–Kier alpha value is 0.01000. The number of thioether (sulfide) groups is 1. The van der Waals surface area contributed by atoms with E-state index in [1.807, 2.05) is 0 Å². The van der Waals surface area contributed by atoms with E-state index in [1.54, 1.807) is 0 Å². The highest BCUT2D eigenvalue weighted by atomic mass is 79.9. The SMILES string of the molecule is Brc1cc(CNC2CC2)ccc1SC1CCCC1. The van der Waals surface area contributed by atoms with Crippen molar-refractivity contribution < 1.29 is 0 Å². The first-order valence-electron chi connectivity index (χ1n) is 7.00. The molecule has 0 aromatic heterocycles. The quantitative estimate of drug-likeness (QED) is 0.839. The molecule has 3 rings (SSSR count). The zero-order valence-electron chi connectivity index (χ0n) is 10.6. The molecule has 18 heavy (non-hydrogen) atoms. The molecule has 0 saturated heterocycles. The maximum absolute atomic E-state index is 3.73. The third-order valence-electron chi connectivity index (χ3n) is 3.76. The average molecular weight is 326 g/mol. The summed E-state index contributed by atoms with van der Waals surface area (Å²) in [6, 6.07) is 7.64. The molecule has 2 aliphatic rings. The van der Waals surface area contributed by atoms with Crippen LogP contribution in [0.1, 0.15) is 44.1 Å². The molecule has 0 radical (unpaired) electrons. The van der Waals surface area contributed by atoms with Crippen LogP contribution in [0.15, 0.2) is 27.6 Å². The van der Waals surface area contributed by atoms with Gasteiger partial charge in [-0.3, -0.25) is 0 Å². The molecule has 1 aromatic carbocycles. The molecule has 3 heteroatoms. The number of hydrogen-bond donors (Lipinski definition) is 1. The molecule has 0 spiro atoms. The molecule has 1 aromatic rings. The number of halogens is 1. The predicted molar refractivity (Wildman–Crippen MR) is 82.1 cm³/mol. The Bertz CT molecular complexity index is 411. The van der Waals surface area contributed by atoms with Gasteiger partial charge in [0.25, 0.3) is 0 Å². The smallest absolute Gasteiger partial charge is 0.0314 e. The number of hydrogen-bond acceptors (Lipinski definition) is 2. The summed E-state index contributed by atoms with van der Waals surface area (Å²) in [4.78, 5) is 1.41. The lowest BCUT2D eigenvalue weighted by atomic mass is 10.2. The summed E-state index contributed by atoms with van der Waals surface area (Å²) < 4.78 is 1.27. The van der Waals surface area contributed by atoms with Crippen LogP contribution in [0.2, 0.25) is 0 Å². The number of rotatable bonds is 5. The van der Waals surface area contributed by atoms with Gasteiger partial charge in [0.05, 0.1) is 0 Å². The maximum Gasteiger partial charge on any atom is 0.0314 e. The van der Waals surface area contributed by atoms with Gasteiger partial charge in [-0.25, -0.2) is 0 Å². The molecule has 2 fully saturated rings. The summed E-state index contributed by atoms with van der Waals surface area (Å²) in [5.74, 6) is 0. The standard InChI is InChI=1S/C15H20BrNS/c16-14-9-11(10-17-12-6-7-12)5-8-15(14)18-13-3-1-2-4-13/h5,8-9,12-13,17H,1-4,6-7,10H2. The molecule has 0 unspecified atom stereocenters. The van der Waals surface area contributed by atoms with Crippen molar-refractivity contribution in [3.63, 3.8) is 0 Å². The van der Waals surface area contributed by atoms with Crippen molar-refractivity contribution in [3.8, 4) is 0 Å². The third-order valence-corrected chi connectivity index (χ3v) is 6.10. The highest BCUT2D eigenvalue weighted by Gasteiger charge is 2.20. The van der Waals surface area contributed by atoms with Crippen molar-refractivity contribution in [1.82, 2.24) is 5.32 Å². The number of nitrogens with one attached hydrogen (secondary N) is 1. The molecule has 2 saturated carbocycles. The van der Waals surface area contributed by atoms with Gasteiger partial charge in [-0.1, -0.05) is 18.9 Å². The van der Waals surface area contributed by atoms with Crippen LogP contribution < -0.4 is 5.32 Å². The normalized spacial score (nSPS) is 20.5. The molecule has 2 aliphatic carbocycles. The molecule has 0 aliphatic heterocycles. The Morgan fingerprint density at radius 3 is 2.61 bits per heavy atom. The van der Waals surface area contributed by atoms with Crippen LogP contribution in [0.5, 0.6) is 0 Å². The maximum atomic E-state index is 3.73. The lowest BCUT2D eigenvalue weighted by molar-refractivity contribution is 0.687. The minimum absolute atomic E-state index is 0.788. The van der Waals surface area contributed by atoms with Crippen molar-refractivity contribution in [2.24, 2.45) is 0 Å². The van der Waals surface area contributed by atoms with Gasteiger partial charge in [-0.05, 0) is 59.3 Å². The van der Waals surface area contributed by atoms with Crippen molar-refractivity contribution in [2.75, 3.05) is 0 Å². The second-order valence-corrected chi connectivity index (χ2v) is 7.64. The minimum atomic E-state index is 0.788. The van der Waals surface area contributed by atoms with Crippen LogP contribution in [0.3, 0.4) is 0 Å². The zero-order valence-corrected chi connectivity index (χ0v) is 13.0. The lowest BCUT2D eigenvalue weighted by Crippen LogP contribution is -2.15. The van der Waals surface area contributed by atoms with Crippen LogP contribution in [0, 0.1) is 0 Å². The van der Waals surface area contributed by atoms with Crippen LogP contribution in [0.4, 0.5) is 0 Å². The van der Waals surface area contributed by atoms with Crippen LogP contribution in [-0.2, 0) is 6.54 Å². The van der Waals surface area contributed by atoms with E-state index in [0.717, 1.165) is 17.8 Å². The highest BCUT2D eigenvalue weighted by molar-refractivity contribution is 9.10. The van der Waals surface area contributed by atoms with E-state index in [4.69, 9.17) is 0 Å². The van der Waals surface area contributed by atoms with Crippen LogP contribution >= 0.6 is 27.7 Å². The van der Waals surface area contributed by atoms with Gasteiger partial charge in [0, 0.05) is 27.2 Å². The fraction of sp³-hybridized carbons (Fsp3) is 0.600. The van der Waals surface area contributed by atoms with Crippen LogP contribution in [0.25, 0.3) is 0 Å². The van der Waals surface area contributed by atoms with Crippen molar-refractivity contribution >= 4 is 27.7 Å². The van der Waals surface area contributed by atoms with E-state index in [2.05, 4.69) is 51.2 Å². The zero-order chi connectivity index (χ0) is 12.4. The van der Waals surface area contributed by atoms with Gasteiger partial charge in [-0.15, -0.1) is 11.8 Å². The van der Waals surface area contributed by atoms with Gasteiger partial charge >= 0.3 is 0 Å². The Labute approximate surface area is 122 Å². The largest absolute Gasteiger partial charge is 0.310 e. The van der Waals surface area contributed by atoms with Gasteiger partial charge in [0.2, 0.25) is 0 Å². The fourth-order valence-electron chi connectivity index (χ4n) is 2.49. The van der Waals surface area contributed by atoms with Gasteiger partial charge in [0.15, 0.2) is 0 Å². The van der Waals surface area contributed by atoms with Gasteiger partial charge in [-0.2, -0.15) is 0 Å². The van der Waals surface area contributed by atoms with Crippen molar-refractivity contribution in [3.05, 3.63) is 28.2 Å². The average Bonchev–Trinajstić information content (AvgIpc) is 3.06. The van der Waals surface area contributed by atoms with E-state index in [9.17, 15) is 0 Å². The topological polar surface area (TPSA) is 12.0 Å². The van der Waals surface area contributed by atoms with E-state index in [-0.39, 0.29) is 0 Å². The number of benzene rings is 1. The second kappa shape index (κ2) is 5.98. The molecular formula is C15H20BrNS. The Morgan fingerprint density at radius 1 is 1.17 bits per heavy atom. The van der Waals surface area contributed by atoms with E-state index >= 15 is 0 Å². The van der Waals surface area contributed by atoms with E-state index in [1.165, 1.54) is 53.5 Å². The summed E-state index contributed by atoms with van der Waals surface area (Å²) in [6.07, 6.45) is 8.33. The molecule has 0 amide bonds. The first-order chi connectivity index (χ1) is 8.81. The summed E-state index contributed by atoms with van der Waals surface area (Å²) in [7, 11) is 0. The Balaban J connectivity index is 1.60.